The van der Waals surface area contributed by atoms with Crippen LogP contribution < -0.4 is 4.74 Å². The highest BCUT2D eigenvalue weighted by atomic mass is 16.5. The summed E-state index contributed by atoms with van der Waals surface area (Å²) in [4.78, 5) is 22.2. The molecule has 1 heterocycles. The topological polar surface area (TPSA) is 72.8 Å². The van der Waals surface area contributed by atoms with Crippen molar-refractivity contribution in [3.8, 4) is 11.5 Å². The van der Waals surface area contributed by atoms with Gasteiger partial charge in [-0.2, -0.15) is 0 Å². The van der Waals surface area contributed by atoms with Crippen LogP contribution in [0.2, 0.25) is 0 Å². The van der Waals surface area contributed by atoms with Gasteiger partial charge >= 0.3 is 5.97 Å². The number of fused-ring (bicyclic) bond motifs is 1. The standard InChI is InChI=1S/C11H10O5/c1-5-7-4-16-11(14)8(7)9(13)6(3-12)10(5)15-2/h3,13H,4H2,1-2H3. The summed E-state index contributed by atoms with van der Waals surface area (Å²) in [5, 5.41) is 9.80. The Bertz CT molecular complexity index is 486. The average molecular weight is 222 g/mol. The van der Waals surface area contributed by atoms with Crippen molar-refractivity contribution in [3.05, 3.63) is 22.3 Å². The van der Waals surface area contributed by atoms with Crippen molar-refractivity contribution in [3.63, 3.8) is 0 Å². The molecule has 0 radical (unpaired) electrons. The minimum Gasteiger partial charge on any atom is -0.506 e. The van der Waals surface area contributed by atoms with E-state index in [2.05, 4.69) is 0 Å². The third-order valence-electron chi connectivity index (χ3n) is 2.71. The third-order valence-corrected chi connectivity index (χ3v) is 2.71. The first-order valence-electron chi connectivity index (χ1n) is 4.66. The number of phenols is 1. The molecule has 1 aromatic rings. The first-order chi connectivity index (χ1) is 7.61. The Hall–Kier alpha value is -2.04. The fraction of sp³-hybridized carbons (Fsp3) is 0.273. The first-order valence-corrected chi connectivity index (χ1v) is 4.66. The quantitative estimate of drug-likeness (QED) is 0.601. The van der Waals surface area contributed by atoms with Gasteiger partial charge in [-0.3, -0.25) is 4.79 Å². The van der Waals surface area contributed by atoms with Gasteiger partial charge in [0.25, 0.3) is 0 Å². The molecule has 0 amide bonds. The molecule has 1 aliphatic heterocycles. The molecule has 0 atom stereocenters. The SMILES string of the molecule is COc1c(C)c2c(c(O)c1C=O)C(=O)OC2. The number of aromatic hydroxyl groups is 1. The molecular weight excluding hydrogens is 212 g/mol. The number of hydrogen-bond donors (Lipinski definition) is 1. The molecule has 84 valence electrons. The number of phenolic OH excluding ortho intramolecular Hbond substituents is 1. The van der Waals surface area contributed by atoms with Crippen molar-refractivity contribution in [1.29, 1.82) is 0 Å². The summed E-state index contributed by atoms with van der Waals surface area (Å²) in [5.41, 5.74) is 1.27. The van der Waals surface area contributed by atoms with Crippen molar-refractivity contribution in [2.75, 3.05) is 7.11 Å². The van der Waals surface area contributed by atoms with Gasteiger partial charge in [0.05, 0.1) is 12.7 Å². The van der Waals surface area contributed by atoms with E-state index in [0.29, 0.717) is 17.4 Å². The van der Waals surface area contributed by atoms with Crippen molar-refractivity contribution in [1.82, 2.24) is 0 Å². The molecule has 0 spiro atoms. The van der Waals surface area contributed by atoms with Crippen LogP contribution in [0.5, 0.6) is 11.5 Å². The molecule has 5 heteroatoms. The Morgan fingerprint density at radius 2 is 2.19 bits per heavy atom. The number of benzene rings is 1. The summed E-state index contributed by atoms with van der Waals surface area (Å²) in [6.07, 6.45) is 0.465. The van der Waals surface area contributed by atoms with Crippen LogP contribution in [0.4, 0.5) is 0 Å². The van der Waals surface area contributed by atoms with Crippen LogP contribution >= 0.6 is 0 Å². The van der Waals surface area contributed by atoms with Crippen molar-refractivity contribution in [2.45, 2.75) is 13.5 Å². The minimum atomic E-state index is -0.610. The van der Waals surface area contributed by atoms with Gasteiger partial charge in [0.15, 0.2) is 6.29 Å². The van der Waals surface area contributed by atoms with Gasteiger partial charge in [-0.1, -0.05) is 0 Å². The summed E-state index contributed by atoms with van der Waals surface area (Å²) in [6, 6.07) is 0. The molecule has 1 aromatic carbocycles. The monoisotopic (exact) mass is 222 g/mol. The highest BCUT2D eigenvalue weighted by Crippen LogP contribution is 2.40. The van der Waals surface area contributed by atoms with Gasteiger partial charge in [-0.25, -0.2) is 4.79 Å². The van der Waals surface area contributed by atoms with Crippen LogP contribution in [0.3, 0.4) is 0 Å². The van der Waals surface area contributed by atoms with Gasteiger partial charge in [0, 0.05) is 5.56 Å². The smallest absolute Gasteiger partial charge is 0.342 e. The second-order valence-corrected chi connectivity index (χ2v) is 3.47. The number of cyclic esters (lactones) is 1. The van der Waals surface area contributed by atoms with E-state index in [0.717, 1.165) is 0 Å². The summed E-state index contributed by atoms with van der Waals surface area (Å²) in [7, 11) is 1.40. The van der Waals surface area contributed by atoms with Gasteiger partial charge in [0.2, 0.25) is 0 Å². The first kappa shape index (κ1) is 10.5. The highest BCUT2D eigenvalue weighted by molar-refractivity contribution is 6.01. The Balaban J connectivity index is 2.84. The summed E-state index contributed by atoms with van der Waals surface area (Å²) in [5.74, 6) is -0.694. The molecule has 5 nitrogen and oxygen atoms in total. The van der Waals surface area contributed by atoms with Crippen molar-refractivity contribution in [2.24, 2.45) is 0 Å². The molecule has 1 N–H and O–H groups in total. The molecule has 0 aliphatic carbocycles. The molecule has 0 bridgehead atoms. The summed E-state index contributed by atoms with van der Waals surface area (Å²) in [6.45, 7) is 1.81. The molecular formula is C11H10O5. The van der Waals surface area contributed by atoms with Gasteiger partial charge in [0.1, 0.15) is 23.7 Å². The van der Waals surface area contributed by atoms with Crippen LogP contribution in [0.15, 0.2) is 0 Å². The zero-order valence-corrected chi connectivity index (χ0v) is 8.86. The summed E-state index contributed by atoms with van der Waals surface area (Å²) >= 11 is 0. The normalized spacial score (nSPS) is 13.2. The molecule has 0 aromatic heterocycles. The van der Waals surface area contributed by atoms with Crippen LogP contribution in [0.25, 0.3) is 0 Å². The molecule has 0 saturated heterocycles. The molecule has 0 saturated carbocycles. The number of hydrogen-bond acceptors (Lipinski definition) is 5. The van der Waals surface area contributed by atoms with E-state index in [1.807, 2.05) is 0 Å². The number of aldehydes is 1. The zero-order chi connectivity index (χ0) is 11.9. The Morgan fingerprint density at radius 3 is 2.75 bits per heavy atom. The van der Waals surface area contributed by atoms with E-state index in [-0.39, 0.29) is 29.2 Å². The maximum atomic E-state index is 11.4. The van der Waals surface area contributed by atoms with Gasteiger partial charge in [-0.05, 0) is 12.5 Å². The Labute approximate surface area is 91.6 Å². The lowest BCUT2D eigenvalue weighted by atomic mass is 9.98. The fourth-order valence-electron chi connectivity index (χ4n) is 1.89. The third kappa shape index (κ3) is 1.18. The zero-order valence-electron chi connectivity index (χ0n) is 8.86. The number of esters is 1. The molecule has 2 rings (SSSR count). The van der Waals surface area contributed by atoms with Gasteiger partial charge in [-0.15, -0.1) is 0 Å². The van der Waals surface area contributed by atoms with E-state index in [4.69, 9.17) is 9.47 Å². The van der Waals surface area contributed by atoms with E-state index in [1.165, 1.54) is 7.11 Å². The number of carbonyl (C=O) groups excluding carboxylic acids is 2. The lowest BCUT2D eigenvalue weighted by Crippen LogP contribution is -2.02. The van der Waals surface area contributed by atoms with Crippen molar-refractivity contribution >= 4 is 12.3 Å². The van der Waals surface area contributed by atoms with E-state index < -0.39 is 5.97 Å². The number of rotatable bonds is 2. The lowest BCUT2D eigenvalue weighted by molar-refractivity contribution is 0.0533. The second-order valence-electron chi connectivity index (χ2n) is 3.47. The molecule has 0 fully saturated rings. The predicted molar refractivity (Wildman–Crippen MR) is 53.9 cm³/mol. The number of methoxy groups -OCH3 is 1. The maximum Gasteiger partial charge on any atom is 0.342 e. The van der Waals surface area contributed by atoms with E-state index in [9.17, 15) is 14.7 Å². The Morgan fingerprint density at radius 1 is 1.50 bits per heavy atom. The van der Waals surface area contributed by atoms with Crippen LogP contribution in [0.1, 0.15) is 31.8 Å². The number of carbonyl (C=O) groups is 2. The van der Waals surface area contributed by atoms with Crippen LogP contribution in [0, 0.1) is 6.92 Å². The molecule has 16 heavy (non-hydrogen) atoms. The van der Waals surface area contributed by atoms with Crippen LogP contribution in [-0.4, -0.2) is 24.5 Å². The molecule has 0 unspecified atom stereocenters. The Kier molecular flexibility index (Phi) is 2.30. The van der Waals surface area contributed by atoms with E-state index in [1.54, 1.807) is 6.92 Å². The second kappa shape index (κ2) is 3.52. The summed E-state index contributed by atoms with van der Waals surface area (Å²) < 4.78 is 9.86. The average Bonchev–Trinajstić information content (AvgIpc) is 2.65. The minimum absolute atomic E-state index is 0.0161. The van der Waals surface area contributed by atoms with Crippen LogP contribution in [-0.2, 0) is 11.3 Å². The van der Waals surface area contributed by atoms with Crippen molar-refractivity contribution < 1.29 is 24.2 Å². The molecule has 1 aliphatic rings. The maximum absolute atomic E-state index is 11.4. The number of ether oxygens (including phenoxy) is 2. The largest absolute Gasteiger partial charge is 0.506 e. The van der Waals surface area contributed by atoms with E-state index >= 15 is 0 Å². The van der Waals surface area contributed by atoms with Gasteiger partial charge < -0.3 is 14.6 Å². The fourth-order valence-corrected chi connectivity index (χ4v) is 1.89. The highest BCUT2D eigenvalue weighted by Gasteiger charge is 2.31. The predicted octanol–water partition coefficient (Wildman–Crippen LogP) is 1.19. The lowest BCUT2D eigenvalue weighted by Gasteiger charge is -2.12.